The van der Waals surface area contributed by atoms with Crippen LogP contribution in [0, 0.1) is 6.92 Å². The molecule has 21 heavy (non-hydrogen) atoms. The summed E-state index contributed by atoms with van der Waals surface area (Å²) in [5, 5.41) is 2.55. The summed E-state index contributed by atoms with van der Waals surface area (Å²) in [5.41, 5.74) is 10.9. The number of hydrogen-bond donors (Lipinski definition) is 1. The molecule has 1 nitrogen and oxygen atoms in total. The van der Waals surface area contributed by atoms with Crippen LogP contribution in [0.3, 0.4) is 0 Å². The predicted molar refractivity (Wildman–Crippen MR) is 94.4 cm³/mol. The van der Waals surface area contributed by atoms with Crippen molar-refractivity contribution in [3.63, 3.8) is 0 Å². The third-order valence-electron chi connectivity index (χ3n) is 4.35. The van der Waals surface area contributed by atoms with Gasteiger partial charge in [-0.2, -0.15) is 0 Å². The molecule has 1 aromatic heterocycles. The topological polar surface area (TPSA) is 26.0 Å². The Morgan fingerprint density at radius 3 is 2.76 bits per heavy atom. The first-order valence-corrected chi connectivity index (χ1v) is 9.53. The molecule has 1 aromatic carbocycles. The quantitative estimate of drug-likeness (QED) is 0.775. The van der Waals surface area contributed by atoms with Gasteiger partial charge >= 0.3 is 0 Å². The van der Waals surface area contributed by atoms with Crippen LogP contribution in [0.1, 0.15) is 46.6 Å². The first kappa shape index (κ1) is 15.1. The van der Waals surface area contributed by atoms with Gasteiger partial charge in [-0.1, -0.05) is 13.0 Å². The number of hydrogen-bond acceptors (Lipinski definition) is 3. The SMILES string of the molecule is CCC(N)C(Sc1ccc2c(c1)CCC2)c1sccc1C. The van der Waals surface area contributed by atoms with E-state index in [0.717, 1.165) is 6.42 Å². The number of benzene rings is 1. The van der Waals surface area contributed by atoms with Crippen LogP contribution in [0.5, 0.6) is 0 Å². The van der Waals surface area contributed by atoms with E-state index in [1.807, 2.05) is 23.1 Å². The summed E-state index contributed by atoms with van der Waals surface area (Å²) in [6, 6.07) is 9.41. The van der Waals surface area contributed by atoms with Crippen molar-refractivity contribution in [2.45, 2.75) is 55.7 Å². The molecule has 2 aromatic rings. The van der Waals surface area contributed by atoms with Crippen molar-refractivity contribution in [3.8, 4) is 0 Å². The standard InChI is InChI=1S/C18H23NS2/c1-3-16(19)18(17-12(2)9-10-20-17)21-15-8-7-13-5-4-6-14(13)11-15/h7-11,16,18H,3-6,19H2,1-2H3. The highest BCUT2D eigenvalue weighted by molar-refractivity contribution is 7.99. The average molecular weight is 318 g/mol. The summed E-state index contributed by atoms with van der Waals surface area (Å²) >= 11 is 3.79. The molecule has 1 aliphatic rings. The van der Waals surface area contributed by atoms with Gasteiger partial charge in [-0.15, -0.1) is 23.1 Å². The van der Waals surface area contributed by atoms with Gasteiger partial charge in [-0.05, 0) is 72.9 Å². The second-order valence-electron chi connectivity index (χ2n) is 5.86. The minimum Gasteiger partial charge on any atom is -0.326 e. The van der Waals surface area contributed by atoms with Gasteiger partial charge in [0.2, 0.25) is 0 Å². The molecule has 0 bridgehead atoms. The number of aryl methyl sites for hydroxylation is 3. The van der Waals surface area contributed by atoms with Crippen molar-refractivity contribution in [1.82, 2.24) is 0 Å². The van der Waals surface area contributed by atoms with Gasteiger partial charge in [0.25, 0.3) is 0 Å². The zero-order chi connectivity index (χ0) is 14.8. The Bertz CT molecular complexity index is 617. The summed E-state index contributed by atoms with van der Waals surface area (Å²) in [7, 11) is 0. The minimum absolute atomic E-state index is 0.209. The van der Waals surface area contributed by atoms with E-state index in [1.54, 1.807) is 11.1 Å². The molecule has 0 saturated carbocycles. The third-order valence-corrected chi connectivity index (χ3v) is 6.97. The highest BCUT2D eigenvalue weighted by atomic mass is 32.2. The summed E-state index contributed by atoms with van der Waals surface area (Å²) in [4.78, 5) is 2.81. The van der Waals surface area contributed by atoms with Crippen molar-refractivity contribution >= 4 is 23.1 Å². The normalized spacial score (nSPS) is 16.7. The third kappa shape index (κ3) is 3.20. The fraction of sp³-hybridized carbons (Fsp3) is 0.444. The lowest BCUT2D eigenvalue weighted by molar-refractivity contribution is 0.638. The van der Waals surface area contributed by atoms with Gasteiger partial charge in [0.05, 0.1) is 5.25 Å². The Labute approximate surface area is 136 Å². The molecule has 0 aliphatic heterocycles. The second-order valence-corrected chi connectivity index (χ2v) is 8.03. The van der Waals surface area contributed by atoms with E-state index in [1.165, 1.54) is 34.6 Å². The van der Waals surface area contributed by atoms with Crippen molar-refractivity contribution in [1.29, 1.82) is 0 Å². The summed E-state index contributed by atoms with van der Waals surface area (Å²) in [5.74, 6) is 0. The van der Waals surface area contributed by atoms with Crippen LogP contribution in [-0.4, -0.2) is 6.04 Å². The van der Waals surface area contributed by atoms with Gasteiger partial charge < -0.3 is 5.73 Å². The van der Waals surface area contributed by atoms with Crippen molar-refractivity contribution in [2.24, 2.45) is 5.73 Å². The average Bonchev–Trinajstić information content (AvgIpc) is 3.12. The summed E-state index contributed by atoms with van der Waals surface area (Å²) in [6.45, 7) is 4.38. The van der Waals surface area contributed by atoms with E-state index < -0.39 is 0 Å². The van der Waals surface area contributed by atoms with Crippen LogP contribution >= 0.6 is 23.1 Å². The summed E-state index contributed by atoms with van der Waals surface area (Å²) in [6.07, 6.45) is 4.82. The highest BCUT2D eigenvalue weighted by Crippen LogP contribution is 2.42. The monoisotopic (exact) mass is 317 g/mol. The maximum Gasteiger partial charge on any atom is 0.0591 e. The molecule has 1 aliphatic carbocycles. The second kappa shape index (κ2) is 6.55. The number of rotatable bonds is 5. The zero-order valence-corrected chi connectivity index (χ0v) is 14.4. The van der Waals surface area contributed by atoms with Gasteiger partial charge in [-0.25, -0.2) is 0 Å². The van der Waals surface area contributed by atoms with Crippen molar-refractivity contribution < 1.29 is 0 Å². The molecule has 0 fully saturated rings. The lowest BCUT2D eigenvalue weighted by Crippen LogP contribution is -2.25. The molecule has 0 amide bonds. The van der Waals surface area contributed by atoms with Crippen LogP contribution in [-0.2, 0) is 12.8 Å². The van der Waals surface area contributed by atoms with Crippen molar-refractivity contribution in [3.05, 3.63) is 51.2 Å². The molecule has 0 radical (unpaired) electrons. The minimum atomic E-state index is 0.209. The molecular formula is C18H23NS2. The molecule has 1 heterocycles. The molecule has 2 unspecified atom stereocenters. The molecule has 112 valence electrons. The van der Waals surface area contributed by atoms with E-state index in [-0.39, 0.29) is 6.04 Å². The Morgan fingerprint density at radius 2 is 2.05 bits per heavy atom. The molecule has 3 rings (SSSR count). The molecule has 0 saturated heterocycles. The molecule has 2 N–H and O–H groups in total. The largest absolute Gasteiger partial charge is 0.326 e. The van der Waals surface area contributed by atoms with E-state index in [4.69, 9.17) is 5.73 Å². The van der Waals surface area contributed by atoms with Crippen molar-refractivity contribution in [2.75, 3.05) is 0 Å². The van der Waals surface area contributed by atoms with E-state index in [9.17, 15) is 0 Å². The molecule has 0 spiro atoms. The fourth-order valence-electron chi connectivity index (χ4n) is 2.99. The summed E-state index contributed by atoms with van der Waals surface area (Å²) < 4.78 is 0. The number of nitrogens with two attached hydrogens (primary N) is 1. The first-order valence-electron chi connectivity index (χ1n) is 7.77. The van der Waals surface area contributed by atoms with Crippen LogP contribution in [0.2, 0.25) is 0 Å². The predicted octanol–water partition coefficient (Wildman–Crippen LogP) is 5.12. The van der Waals surface area contributed by atoms with Gasteiger partial charge in [-0.3, -0.25) is 0 Å². The Morgan fingerprint density at radius 1 is 1.24 bits per heavy atom. The number of fused-ring (bicyclic) bond motifs is 1. The lowest BCUT2D eigenvalue weighted by Gasteiger charge is -2.22. The van der Waals surface area contributed by atoms with Gasteiger partial charge in [0.15, 0.2) is 0 Å². The van der Waals surface area contributed by atoms with E-state index in [2.05, 4.69) is 43.5 Å². The van der Waals surface area contributed by atoms with Gasteiger partial charge in [0, 0.05) is 15.8 Å². The fourth-order valence-corrected chi connectivity index (χ4v) is 5.60. The van der Waals surface area contributed by atoms with Crippen LogP contribution < -0.4 is 5.73 Å². The van der Waals surface area contributed by atoms with Crippen LogP contribution in [0.4, 0.5) is 0 Å². The van der Waals surface area contributed by atoms with Crippen LogP contribution in [0.15, 0.2) is 34.5 Å². The maximum absolute atomic E-state index is 6.42. The molecular weight excluding hydrogens is 294 g/mol. The van der Waals surface area contributed by atoms with Gasteiger partial charge in [0.1, 0.15) is 0 Å². The highest BCUT2D eigenvalue weighted by Gasteiger charge is 2.23. The zero-order valence-electron chi connectivity index (χ0n) is 12.8. The Kier molecular flexibility index (Phi) is 4.72. The molecule has 2 atom stereocenters. The van der Waals surface area contributed by atoms with E-state index in [0.29, 0.717) is 5.25 Å². The van der Waals surface area contributed by atoms with Crippen LogP contribution in [0.25, 0.3) is 0 Å². The lowest BCUT2D eigenvalue weighted by atomic mass is 10.1. The Hall–Kier alpha value is -0.770. The molecule has 3 heteroatoms. The number of thioether (sulfide) groups is 1. The Balaban J connectivity index is 1.86. The maximum atomic E-state index is 6.42. The smallest absolute Gasteiger partial charge is 0.0591 e. The number of thiophene rings is 1. The van der Waals surface area contributed by atoms with E-state index >= 15 is 0 Å². The first-order chi connectivity index (χ1) is 10.2.